The van der Waals surface area contributed by atoms with Crippen LogP contribution in [0.3, 0.4) is 0 Å². The third-order valence-electron chi connectivity index (χ3n) is 9.72. The molecule has 1 amide bonds. The molecule has 4 aliphatic heterocycles. The average Bonchev–Trinajstić information content (AvgIpc) is 2.83. The van der Waals surface area contributed by atoms with Crippen molar-refractivity contribution in [3.63, 3.8) is 0 Å². The summed E-state index contributed by atoms with van der Waals surface area (Å²) in [5.74, 6) is -0.472. The molecule has 6 N–H and O–H groups in total. The summed E-state index contributed by atoms with van der Waals surface area (Å²) in [6.07, 6.45) is 3.19. The van der Waals surface area contributed by atoms with Crippen LogP contribution in [0.2, 0.25) is 0 Å². The van der Waals surface area contributed by atoms with Crippen molar-refractivity contribution in [2.75, 3.05) is 52.5 Å². The lowest BCUT2D eigenvalue weighted by Crippen LogP contribution is -2.68. The van der Waals surface area contributed by atoms with Crippen molar-refractivity contribution in [1.29, 1.82) is 0 Å². The first-order chi connectivity index (χ1) is 17.8. The van der Waals surface area contributed by atoms with Crippen molar-refractivity contribution < 1.29 is 13.9 Å². The molecule has 6 unspecified atom stereocenters. The maximum atomic E-state index is 14.5. The molecule has 0 aromatic rings. The summed E-state index contributed by atoms with van der Waals surface area (Å²) < 4.78 is 19.9. The van der Waals surface area contributed by atoms with E-state index in [1.165, 1.54) is 6.21 Å². The fraction of sp³-hybridized carbons (Fsp3) is 0.926. The Kier molecular flexibility index (Phi) is 9.96. The summed E-state index contributed by atoms with van der Waals surface area (Å²) in [7, 11) is 0. The zero-order valence-electron chi connectivity index (χ0n) is 23.1. The van der Waals surface area contributed by atoms with Gasteiger partial charge in [0.05, 0.1) is 43.4 Å². The number of piperidine rings is 1. The van der Waals surface area contributed by atoms with Crippen molar-refractivity contribution in [2.24, 2.45) is 33.7 Å². The summed E-state index contributed by atoms with van der Waals surface area (Å²) in [5, 5.41) is 6.84. The second-order valence-corrected chi connectivity index (χ2v) is 11.9. The fourth-order valence-corrected chi connectivity index (χ4v) is 7.01. The van der Waals surface area contributed by atoms with Crippen molar-refractivity contribution in [3.05, 3.63) is 0 Å². The molecule has 0 bridgehead atoms. The maximum Gasteiger partial charge on any atom is 0.228 e. The number of ether oxygens (including phenoxy) is 1. The number of amides is 1. The van der Waals surface area contributed by atoms with Gasteiger partial charge in [0.15, 0.2) is 0 Å². The first kappa shape index (κ1) is 28.8. The molecular weight excluding hydrogens is 473 g/mol. The molecule has 0 saturated carbocycles. The van der Waals surface area contributed by atoms with Crippen LogP contribution in [0.4, 0.5) is 4.39 Å². The highest BCUT2D eigenvalue weighted by Crippen LogP contribution is 2.41. The molecule has 3 saturated heterocycles. The Morgan fingerprint density at radius 2 is 1.86 bits per heavy atom. The van der Waals surface area contributed by atoms with Crippen LogP contribution in [-0.2, 0) is 9.53 Å². The molecule has 0 spiro atoms. The van der Waals surface area contributed by atoms with E-state index in [1.54, 1.807) is 0 Å². The predicted octanol–water partition coefficient (Wildman–Crippen LogP) is 0.723. The van der Waals surface area contributed by atoms with Gasteiger partial charge in [-0.05, 0) is 37.1 Å². The van der Waals surface area contributed by atoms with E-state index in [9.17, 15) is 9.18 Å². The summed E-state index contributed by atoms with van der Waals surface area (Å²) in [5.41, 5.74) is 12.4. The van der Waals surface area contributed by atoms with Gasteiger partial charge in [0.2, 0.25) is 5.91 Å². The molecule has 6 atom stereocenters. The van der Waals surface area contributed by atoms with Crippen LogP contribution in [0.25, 0.3) is 0 Å². The molecule has 10 heteroatoms. The number of carbonyl (C=O) groups is 1. The second kappa shape index (κ2) is 12.8. The van der Waals surface area contributed by atoms with Crippen molar-refractivity contribution >= 4 is 12.1 Å². The smallest absolute Gasteiger partial charge is 0.228 e. The average molecular weight is 524 g/mol. The van der Waals surface area contributed by atoms with Gasteiger partial charge in [0, 0.05) is 45.0 Å². The minimum atomic E-state index is -1.10. The van der Waals surface area contributed by atoms with Crippen molar-refractivity contribution in [1.82, 2.24) is 20.4 Å². The number of hydrogen-bond donors (Lipinski definition) is 4. The Morgan fingerprint density at radius 1 is 1.19 bits per heavy atom. The van der Waals surface area contributed by atoms with Crippen LogP contribution in [-0.4, -0.2) is 111 Å². The van der Waals surface area contributed by atoms with Gasteiger partial charge in [-0.15, -0.1) is 0 Å². The molecule has 4 aliphatic rings. The minimum absolute atomic E-state index is 0.0512. The quantitative estimate of drug-likeness (QED) is 0.346. The number of hydrogen-bond acceptors (Lipinski definition) is 8. The molecule has 212 valence electrons. The predicted molar refractivity (Wildman–Crippen MR) is 145 cm³/mol. The molecule has 0 aliphatic carbocycles. The van der Waals surface area contributed by atoms with Crippen LogP contribution in [0.1, 0.15) is 52.9 Å². The molecule has 9 nitrogen and oxygen atoms in total. The van der Waals surface area contributed by atoms with Crippen LogP contribution < -0.4 is 22.1 Å². The van der Waals surface area contributed by atoms with Crippen LogP contribution in [0.5, 0.6) is 0 Å². The van der Waals surface area contributed by atoms with E-state index in [1.807, 2.05) is 0 Å². The summed E-state index contributed by atoms with van der Waals surface area (Å²) in [6.45, 7) is 13.9. The van der Waals surface area contributed by atoms with E-state index in [0.717, 1.165) is 65.2 Å². The number of carbonyl (C=O) groups excluding carboxylic acids is 1. The number of nitrogens with zero attached hydrogens (tertiary/aromatic N) is 3. The first-order valence-electron chi connectivity index (χ1n) is 14.5. The van der Waals surface area contributed by atoms with Gasteiger partial charge in [-0.1, -0.05) is 33.6 Å². The highest BCUT2D eigenvalue weighted by atomic mass is 19.1. The third kappa shape index (κ3) is 6.70. The minimum Gasteiger partial charge on any atom is -0.378 e. The highest BCUT2D eigenvalue weighted by molar-refractivity contribution is 5.81. The largest absolute Gasteiger partial charge is 0.378 e. The van der Waals surface area contributed by atoms with Gasteiger partial charge in [0.25, 0.3) is 0 Å². The fourth-order valence-electron chi connectivity index (χ4n) is 7.01. The molecule has 4 heterocycles. The zero-order valence-corrected chi connectivity index (χ0v) is 23.1. The summed E-state index contributed by atoms with van der Waals surface area (Å²) in [4.78, 5) is 23.5. The molecule has 0 aromatic carbocycles. The Balaban J connectivity index is 1.47. The monoisotopic (exact) mass is 523 g/mol. The summed E-state index contributed by atoms with van der Waals surface area (Å²) >= 11 is 0. The van der Waals surface area contributed by atoms with Gasteiger partial charge in [-0.25, -0.2) is 4.39 Å². The number of aliphatic imine (C=N–C) groups is 1. The topological polar surface area (TPSA) is 121 Å². The van der Waals surface area contributed by atoms with Gasteiger partial charge < -0.3 is 26.8 Å². The Morgan fingerprint density at radius 3 is 2.46 bits per heavy atom. The zero-order chi connectivity index (χ0) is 26.6. The highest BCUT2D eigenvalue weighted by Gasteiger charge is 2.43. The van der Waals surface area contributed by atoms with Gasteiger partial charge in [-0.2, -0.15) is 0 Å². The van der Waals surface area contributed by atoms with Gasteiger partial charge >= 0.3 is 0 Å². The Bertz CT molecular complexity index is 768. The standard InChI is InChI=1S/C27H50FN7O2/c1-4-27(5-2)7-6-19(28)14-32-21(12-27)23(25(29)30)26(36)33-22-15-31-13-18(3)24(22)35-10-8-34(9-11-35)20-16-37-17-20/h14,18-25,31H,4-13,15-17,29-30H2,1-3H3,(H,33,36). The van der Waals surface area contributed by atoms with Gasteiger partial charge in [-0.3, -0.25) is 19.6 Å². The van der Waals surface area contributed by atoms with E-state index in [0.29, 0.717) is 31.3 Å². The van der Waals surface area contributed by atoms with E-state index >= 15 is 0 Å². The number of rotatable bonds is 8. The lowest BCUT2D eigenvalue weighted by atomic mass is 9.70. The lowest BCUT2D eigenvalue weighted by molar-refractivity contribution is -0.128. The number of halogens is 1. The van der Waals surface area contributed by atoms with E-state index in [2.05, 4.69) is 46.2 Å². The number of alkyl halides is 1. The second-order valence-electron chi connectivity index (χ2n) is 11.9. The van der Waals surface area contributed by atoms with E-state index in [-0.39, 0.29) is 23.4 Å². The molecule has 0 aromatic heterocycles. The molecule has 3 fully saturated rings. The van der Waals surface area contributed by atoms with Gasteiger partial charge in [0.1, 0.15) is 6.17 Å². The van der Waals surface area contributed by atoms with E-state index < -0.39 is 24.3 Å². The first-order valence-corrected chi connectivity index (χ1v) is 14.5. The number of nitrogens with one attached hydrogen (secondary N) is 2. The molecular formula is C27H50FN7O2. The Hall–Kier alpha value is -1.17. The number of piperazine rings is 1. The summed E-state index contributed by atoms with van der Waals surface area (Å²) in [6, 6.07) is 0.311. The molecule has 4 rings (SSSR count). The Labute approximate surface area is 222 Å². The van der Waals surface area contributed by atoms with Crippen LogP contribution >= 0.6 is 0 Å². The SMILES string of the molecule is CCC1(CC)CCC(F)C=NC(C(C(=O)NC2CNCC(C)C2N2CCN(C3COC3)CC2)C(N)N)C1. The van der Waals surface area contributed by atoms with Crippen molar-refractivity contribution in [3.8, 4) is 0 Å². The normalized spacial score (nSPS) is 34.9. The maximum absolute atomic E-state index is 14.5. The van der Waals surface area contributed by atoms with Crippen molar-refractivity contribution in [2.45, 2.75) is 89.4 Å². The lowest BCUT2D eigenvalue weighted by Gasteiger charge is -2.49. The van der Waals surface area contributed by atoms with Crippen LogP contribution in [0, 0.1) is 17.3 Å². The third-order valence-corrected chi connectivity index (χ3v) is 9.72. The number of nitrogens with two attached hydrogens (primary N) is 2. The van der Waals surface area contributed by atoms with E-state index in [4.69, 9.17) is 16.2 Å². The molecule has 37 heavy (non-hydrogen) atoms. The molecule has 0 radical (unpaired) electrons. The van der Waals surface area contributed by atoms with Crippen LogP contribution in [0.15, 0.2) is 4.99 Å².